The fraction of sp³-hybridized carbons (Fsp3) is 0.727. The second-order valence-electron chi connectivity index (χ2n) is 5.05. The van der Waals surface area contributed by atoms with Gasteiger partial charge in [0.2, 0.25) is 0 Å². The van der Waals surface area contributed by atoms with Crippen molar-refractivity contribution < 1.29 is 9.53 Å². The summed E-state index contributed by atoms with van der Waals surface area (Å²) in [4.78, 5) is 11.9. The lowest BCUT2D eigenvalue weighted by Gasteiger charge is -2.40. The van der Waals surface area contributed by atoms with Gasteiger partial charge in [-0.05, 0) is 13.3 Å². The topological polar surface area (TPSA) is 26.3 Å². The Kier molecular flexibility index (Phi) is 0.850. The van der Waals surface area contributed by atoms with Crippen LogP contribution in [0, 0.1) is 23.7 Å². The molecule has 0 aromatic rings. The zero-order valence-electron chi connectivity index (χ0n) is 7.57. The van der Waals surface area contributed by atoms with Gasteiger partial charge in [0.25, 0.3) is 0 Å². The minimum Gasteiger partial charge on any atom is -0.370 e. The van der Waals surface area contributed by atoms with E-state index in [9.17, 15) is 4.79 Å². The van der Waals surface area contributed by atoms with Crippen molar-refractivity contribution in [2.45, 2.75) is 25.0 Å². The molecule has 2 heterocycles. The Balaban J connectivity index is 2.01. The van der Waals surface area contributed by atoms with Gasteiger partial charge in [-0.25, -0.2) is 0 Å². The van der Waals surface area contributed by atoms with Crippen molar-refractivity contribution in [2.24, 2.45) is 23.7 Å². The molecule has 0 N–H and O–H groups in total. The molecule has 2 saturated carbocycles. The summed E-state index contributed by atoms with van der Waals surface area (Å²) in [5, 5.41) is 0. The van der Waals surface area contributed by atoms with E-state index in [0.29, 0.717) is 23.5 Å². The van der Waals surface area contributed by atoms with E-state index in [1.165, 1.54) is 0 Å². The van der Waals surface area contributed by atoms with Crippen molar-refractivity contribution in [1.29, 1.82) is 0 Å². The molecule has 3 aliphatic carbocycles. The first kappa shape index (κ1) is 6.77. The highest BCUT2D eigenvalue weighted by molar-refractivity contribution is 5.90. The molecular formula is C11H12O2. The van der Waals surface area contributed by atoms with Crippen LogP contribution in [0.5, 0.6) is 0 Å². The molecule has 0 radical (unpaired) electrons. The van der Waals surface area contributed by atoms with Crippen molar-refractivity contribution in [3.05, 3.63) is 12.2 Å². The highest BCUT2D eigenvalue weighted by Gasteiger charge is 2.70. The largest absolute Gasteiger partial charge is 0.370 e. The zero-order valence-corrected chi connectivity index (χ0v) is 7.57. The second kappa shape index (κ2) is 1.63. The summed E-state index contributed by atoms with van der Waals surface area (Å²) in [6.45, 7) is 2.19. The van der Waals surface area contributed by atoms with Crippen molar-refractivity contribution >= 4 is 5.78 Å². The van der Waals surface area contributed by atoms with Gasteiger partial charge in [0.1, 0.15) is 5.78 Å². The number of ketones is 1. The molecule has 0 aromatic heterocycles. The maximum absolute atomic E-state index is 11.9. The van der Waals surface area contributed by atoms with Crippen LogP contribution in [0.25, 0.3) is 0 Å². The maximum Gasteiger partial charge on any atom is 0.143 e. The Labute approximate surface area is 77.0 Å². The number of hydrogen-bond donors (Lipinski definition) is 0. The number of carbonyl (C=O) groups excluding carboxylic acids is 1. The van der Waals surface area contributed by atoms with E-state index in [1.807, 2.05) is 0 Å². The third-order valence-electron chi connectivity index (χ3n) is 4.66. The van der Waals surface area contributed by atoms with E-state index in [4.69, 9.17) is 4.74 Å². The number of carbonyl (C=O) groups is 1. The molecule has 2 heteroatoms. The summed E-state index contributed by atoms with van der Waals surface area (Å²) in [7, 11) is 0. The van der Waals surface area contributed by atoms with Crippen LogP contribution in [0.4, 0.5) is 0 Å². The van der Waals surface area contributed by atoms with Crippen molar-refractivity contribution in [1.82, 2.24) is 0 Å². The summed E-state index contributed by atoms with van der Waals surface area (Å²) >= 11 is 0. The van der Waals surface area contributed by atoms with Gasteiger partial charge in [-0.3, -0.25) is 4.79 Å². The molecule has 2 aliphatic heterocycles. The fourth-order valence-corrected chi connectivity index (χ4v) is 4.13. The Bertz CT molecular complexity index is 336. The Morgan fingerprint density at radius 3 is 3.08 bits per heavy atom. The molecule has 4 fully saturated rings. The fourth-order valence-electron chi connectivity index (χ4n) is 4.13. The van der Waals surface area contributed by atoms with Crippen molar-refractivity contribution in [2.75, 3.05) is 0 Å². The van der Waals surface area contributed by atoms with Crippen molar-refractivity contribution in [3.8, 4) is 0 Å². The molecule has 0 amide bonds. The van der Waals surface area contributed by atoms with E-state index in [2.05, 4.69) is 19.1 Å². The third kappa shape index (κ3) is 0.485. The van der Waals surface area contributed by atoms with Gasteiger partial charge in [0.15, 0.2) is 0 Å². The van der Waals surface area contributed by atoms with Gasteiger partial charge >= 0.3 is 0 Å². The van der Waals surface area contributed by atoms with Crippen LogP contribution in [0.1, 0.15) is 13.3 Å². The average Bonchev–Trinajstić information content (AvgIpc) is 2.51. The van der Waals surface area contributed by atoms with Crippen LogP contribution < -0.4 is 0 Å². The smallest absolute Gasteiger partial charge is 0.143 e. The first-order chi connectivity index (χ1) is 6.22. The highest BCUT2D eigenvalue weighted by atomic mass is 16.5. The normalized spacial score (nSPS) is 65.6. The lowest BCUT2D eigenvalue weighted by Crippen LogP contribution is -2.47. The molecule has 6 unspecified atom stereocenters. The molecule has 68 valence electrons. The van der Waals surface area contributed by atoms with E-state index < -0.39 is 0 Å². The van der Waals surface area contributed by atoms with Crippen LogP contribution in [0.3, 0.4) is 0 Å². The molecule has 6 atom stereocenters. The minimum atomic E-state index is -0.00778. The van der Waals surface area contributed by atoms with E-state index >= 15 is 0 Å². The van der Waals surface area contributed by atoms with Gasteiger partial charge in [-0.1, -0.05) is 12.2 Å². The van der Waals surface area contributed by atoms with Gasteiger partial charge < -0.3 is 4.74 Å². The summed E-state index contributed by atoms with van der Waals surface area (Å²) < 4.78 is 6.01. The van der Waals surface area contributed by atoms with Crippen LogP contribution in [-0.2, 0) is 9.53 Å². The molecule has 0 aromatic carbocycles. The molecule has 5 aliphatic rings. The molecular weight excluding hydrogens is 164 g/mol. The molecule has 5 rings (SSSR count). The Morgan fingerprint density at radius 2 is 2.23 bits per heavy atom. The predicted octanol–water partition coefficient (Wildman–Crippen LogP) is 1.16. The zero-order chi connectivity index (χ0) is 8.79. The van der Waals surface area contributed by atoms with Gasteiger partial charge in [-0.15, -0.1) is 0 Å². The Morgan fingerprint density at radius 1 is 1.46 bits per heavy atom. The average molecular weight is 176 g/mol. The summed E-state index contributed by atoms with van der Waals surface area (Å²) in [6.07, 6.45) is 5.70. The van der Waals surface area contributed by atoms with Gasteiger partial charge in [0, 0.05) is 17.8 Å². The van der Waals surface area contributed by atoms with Gasteiger partial charge in [0.05, 0.1) is 17.6 Å². The van der Waals surface area contributed by atoms with E-state index in [-0.39, 0.29) is 17.6 Å². The lowest BCUT2D eigenvalue weighted by atomic mass is 9.69. The predicted molar refractivity (Wildman–Crippen MR) is 46.0 cm³/mol. The molecule has 6 bridgehead atoms. The third-order valence-corrected chi connectivity index (χ3v) is 4.66. The van der Waals surface area contributed by atoms with Crippen LogP contribution in [-0.4, -0.2) is 17.5 Å². The molecule has 2 nitrogen and oxygen atoms in total. The van der Waals surface area contributed by atoms with Crippen molar-refractivity contribution in [3.63, 3.8) is 0 Å². The van der Waals surface area contributed by atoms with Crippen LogP contribution in [0.2, 0.25) is 0 Å². The SMILES string of the molecule is CC12OC3CC4C(=O)C3C1C=CC42. The standard InChI is InChI=1S/C11H12O2/c1-11-6-2-3-7(11)9-8(13-11)4-5(6)10(9)12/h2-3,5-9H,4H2,1H3. The number of hydrogen-bond acceptors (Lipinski definition) is 2. The monoisotopic (exact) mass is 176 g/mol. The van der Waals surface area contributed by atoms with Crippen LogP contribution in [0.15, 0.2) is 12.2 Å². The van der Waals surface area contributed by atoms with E-state index in [0.717, 1.165) is 6.42 Å². The second-order valence-corrected chi connectivity index (χ2v) is 5.05. The number of rotatable bonds is 0. The molecule has 0 spiro atoms. The Hall–Kier alpha value is -0.630. The van der Waals surface area contributed by atoms with E-state index in [1.54, 1.807) is 0 Å². The number of ether oxygens (including phenoxy) is 1. The summed E-state index contributed by atoms with van der Waals surface area (Å²) in [6, 6.07) is 0. The maximum atomic E-state index is 11.9. The van der Waals surface area contributed by atoms with Crippen LogP contribution >= 0.6 is 0 Å². The lowest BCUT2D eigenvalue weighted by molar-refractivity contribution is -0.138. The van der Waals surface area contributed by atoms with Gasteiger partial charge in [-0.2, -0.15) is 0 Å². The highest BCUT2D eigenvalue weighted by Crippen LogP contribution is 2.64. The molecule has 2 saturated heterocycles. The number of Topliss-reactive ketones (excluding diaryl/α,β-unsaturated/α-hetero) is 1. The first-order valence-electron chi connectivity index (χ1n) is 5.12. The summed E-state index contributed by atoms with van der Waals surface area (Å²) in [5.41, 5.74) is -0.00778. The molecule has 13 heavy (non-hydrogen) atoms. The minimum absolute atomic E-state index is 0.00778. The summed E-state index contributed by atoms with van der Waals surface area (Å²) in [5.74, 6) is 1.78. The quantitative estimate of drug-likeness (QED) is 0.518. The first-order valence-corrected chi connectivity index (χ1v) is 5.12.